The van der Waals surface area contributed by atoms with E-state index in [4.69, 9.17) is 5.73 Å². The molecule has 0 unspecified atom stereocenters. The summed E-state index contributed by atoms with van der Waals surface area (Å²) in [7, 11) is 0. The summed E-state index contributed by atoms with van der Waals surface area (Å²) in [6, 6.07) is 7.98. The predicted octanol–water partition coefficient (Wildman–Crippen LogP) is 1.95. The Hall–Kier alpha value is -1.35. The van der Waals surface area contributed by atoms with Crippen molar-refractivity contribution in [2.45, 2.75) is 38.8 Å². The van der Waals surface area contributed by atoms with Crippen LogP contribution in [0.1, 0.15) is 36.8 Å². The van der Waals surface area contributed by atoms with Gasteiger partial charge in [-0.15, -0.1) is 0 Å². The van der Waals surface area contributed by atoms with E-state index in [1.807, 2.05) is 24.3 Å². The first-order valence-corrected chi connectivity index (χ1v) is 6.33. The van der Waals surface area contributed by atoms with Crippen molar-refractivity contribution in [2.75, 3.05) is 0 Å². The molecule has 0 heterocycles. The Kier molecular flexibility index (Phi) is 4.15. The van der Waals surface area contributed by atoms with E-state index < -0.39 is 0 Å². The van der Waals surface area contributed by atoms with Crippen LogP contribution in [0, 0.1) is 5.92 Å². The summed E-state index contributed by atoms with van der Waals surface area (Å²) < 4.78 is 0. The van der Waals surface area contributed by atoms with E-state index >= 15 is 0 Å². The Balaban J connectivity index is 1.81. The normalized spacial score (nSPS) is 15.4. The highest BCUT2D eigenvalue weighted by atomic mass is 16.1. The Bertz CT molecular complexity index is 386. The van der Waals surface area contributed by atoms with Crippen LogP contribution in [0.3, 0.4) is 0 Å². The molecule has 0 aromatic heterocycles. The smallest absolute Gasteiger partial charge is 0.220 e. The average molecular weight is 232 g/mol. The maximum absolute atomic E-state index is 11.7. The average Bonchev–Trinajstić information content (AvgIpc) is 2.31. The largest absolute Gasteiger partial charge is 0.352 e. The molecule has 1 aliphatic rings. The molecular weight excluding hydrogens is 212 g/mol. The van der Waals surface area contributed by atoms with Crippen molar-refractivity contribution < 1.29 is 4.79 Å². The molecule has 17 heavy (non-hydrogen) atoms. The molecule has 0 saturated heterocycles. The number of amides is 1. The van der Waals surface area contributed by atoms with E-state index in [2.05, 4.69) is 5.32 Å². The minimum atomic E-state index is 0.168. The fraction of sp³-hybridized carbons (Fsp3) is 0.500. The topological polar surface area (TPSA) is 55.1 Å². The van der Waals surface area contributed by atoms with Crippen LogP contribution in [0.25, 0.3) is 0 Å². The molecule has 3 N–H and O–H groups in total. The Morgan fingerprint density at radius 1 is 1.29 bits per heavy atom. The molecule has 0 radical (unpaired) electrons. The molecule has 2 rings (SSSR count). The summed E-state index contributed by atoms with van der Waals surface area (Å²) in [6.07, 6.45) is 4.40. The molecule has 1 aromatic carbocycles. The van der Waals surface area contributed by atoms with Crippen LogP contribution in [-0.4, -0.2) is 5.91 Å². The molecule has 3 heteroatoms. The minimum Gasteiger partial charge on any atom is -0.352 e. The molecule has 0 spiro atoms. The zero-order chi connectivity index (χ0) is 12.1. The second-order valence-corrected chi connectivity index (χ2v) is 4.75. The summed E-state index contributed by atoms with van der Waals surface area (Å²) >= 11 is 0. The number of nitrogens with two attached hydrogens (primary N) is 1. The zero-order valence-corrected chi connectivity index (χ0v) is 10.1. The lowest BCUT2D eigenvalue weighted by Crippen LogP contribution is -2.27. The van der Waals surface area contributed by atoms with Crippen LogP contribution in [0.5, 0.6) is 0 Å². The first-order chi connectivity index (χ1) is 8.29. The first-order valence-electron chi connectivity index (χ1n) is 6.33. The van der Waals surface area contributed by atoms with Crippen LogP contribution in [-0.2, 0) is 17.9 Å². The first kappa shape index (κ1) is 12.1. The van der Waals surface area contributed by atoms with Crippen LogP contribution in [0.15, 0.2) is 24.3 Å². The molecule has 1 saturated carbocycles. The van der Waals surface area contributed by atoms with E-state index in [9.17, 15) is 4.79 Å². The van der Waals surface area contributed by atoms with Gasteiger partial charge in [-0.3, -0.25) is 4.79 Å². The van der Waals surface area contributed by atoms with Gasteiger partial charge in [-0.1, -0.05) is 30.7 Å². The van der Waals surface area contributed by atoms with E-state index in [0.717, 1.165) is 11.1 Å². The SMILES string of the molecule is NCc1ccccc1CNC(=O)CC1CCC1. The standard InChI is InChI=1S/C14H20N2O/c15-9-12-6-1-2-7-13(12)10-16-14(17)8-11-4-3-5-11/h1-2,6-7,11H,3-5,8-10,15H2,(H,16,17). The quantitative estimate of drug-likeness (QED) is 0.815. The summed E-state index contributed by atoms with van der Waals surface area (Å²) in [5.41, 5.74) is 7.89. The Labute approximate surface area is 102 Å². The lowest BCUT2D eigenvalue weighted by molar-refractivity contribution is -0.122. The molecule has 1 fully saturated rings. The highest BCUT2D eigenvalue weighted by Gasteiger charge is 2.20. The van der Waals surface area contributed by atoms with Crippen molar-refractivity contribution >= 4 is 5.91 Å². The third-order valence-electron chi connectivity index (χ3n) is 3.51. The van der Waals surface area contributed by atoms with Gasteiger partial charge in [0.15, 0.2) is 0 Å². The molecule has 1 amide bonds. The van der Waals surface area contributed by atoms with Gasteiger partial charge in [0.05, 0.1) is 0 Å². The lowest BCUT2D eigenvalue weighted by Gasteiger charge is -2.24. The number of carbonyl (C=O) groups excluding carboxylic acids is 1. The summed E-state index contributed by atoms with van der Waals surface area (Å²) in [5.74, 6) is 0.793. The van der Waals surface area contributed by atoms with Crippen LogP contribution in [0.2, 0.25) is 0 Å². The molecular formula is C14H20N2O. The highest BCUT2D eigenvalue weighted by Crippen LogP contribution is 2.29. The number of carbonyl (C=O) groups is 1. The number of rotatable bonds is 5. The number of benzene rings is 1. The molecule has 0 atom stereocenters. The minimum absolute atomic E-state index is 0.168. The zero-order valence-electron chi connectivity index (χ0n) is 10.1. The van der Waals surface area contributed by atoms with Crippen molar-refractivity contribution in [3.05, 3.63) is 35.4 Å². The number of nitrogens with one attached hydrogen (secondary N) is 1. The van der Waals surface area contributed by atoms with Crippen molar-refractivity contribution in [1.82, 2.24) is 5.32 Å². The number of hydrogen-bond acceptors (Lipinski definition) is 2. The van der Waals surface area contributed by atoms with Crippen LogP contribution < -0.4 is 11.1 Å². The molecule has 3 nitrogen and oxygen atoms in total. The predicted molar refractivity (Wildman–Crippen MR) is 68.1 cm³/mol. The third-order valence-corrected chi connectivity index (χ3v) is 3.51. The van der Waals surface area contributed by atoms with Gasteiger partial charge in [-0.2, -0.15) is 0 Å². The maximum atomic E-state index is 11.7. The van der Waals surface area contributed by atoms with E-state index in [1.54, 1.807) is 0 Å². The van der Waals surface area contributed by atoms with Crippen molar-refractivity contribution in [3.8, 4) is 0 Å². The second kappa shape index (κ2) is 5.82. The van der Waals surface area contributed by atoms with E-state index in [1.165, 1.54) is 19.3 Å². The molecule has 0 aliphatic heterocycles. The van der Waals surface area contributed by atoms with Crippen molar-refractivity contribution in [3.63, 3.8) is 0 Å². The van der Waals surface area contributed by atoms with Gasteiger partial charge >= 0.3 is 0 Å². The van der Waals surface area contributed by atoms with Crippen molar-refractivity contribution in [1.29, 1.82) is 0 Å². The van der Waals surface area contributed by atoms with Gasteiger partial charge in [-0.05, 0) is 29.9 Å². The van der Waals surface area contributed by atoms with Gasteiger partial charge in [-0.25, -0.2) is 0 Å². The summed E-state index contributed by atoms with van der Waals surface area (Å²) in [4.78, 5) is 11.7. The fourth-order valence-corrected chi connectivity index (χ4v) is 2.15. The Morgan fingerprint density at radius 3 is 2.59 bits per heavy atom. The fourth-order valence-electron chi connectivity index (χ4n) is 2.15. The van der Waals surface area contributed by atoms with Gasteiger partial charge < -0.3 is 11.1 Å². The molecule has 92 valence electrons. The summed E-state index contributed by atoms with van der Waals surface area (Å²) in [6.45, 7) is 1.12. The third kappa shape index (κ3) is 3.30. The Morgan fingerprint density at radius 2 is 2.00 bits per heavy atom. The van der Waals surface area contributed by atoms with Gasteiger partial charge in [0.1, 0.15) is 0 Å². The molecule has 1 aromatic rings. The second-order valence-electron chi connectivity index (χ2n) is 4.75. The van der Waals surface area contributed by atoms with Crippen LogP contribution >= 0.6 is 0 Å². The van der Waals surface area contributed by atoms with E-state index in [-0.39, 0.29) is 5.91 Å². The van der Waals surface area contributed by atoms with Crippen LogP contribution in [0.4, 0.5) is 0 Å². The molecule has 1 aliphatic carbocycles. The lowest BCUT2D eigenvalue weighted by atomic mass is 9.83. The summed E-state index contributed by atoms with van der Waals surface area (Å²) in [5, 5.41) is 2.98. The van der Waals surface area contributed by atoms with Gasteiger partial charge in [0.2, 0.25) is 5.91 Å². The van der Waals surface area contributed by atoms with E-state index in [0.29, 0.717) is 25.4 Å². The maximum Gasteiger partial charge on any atom is 0.220 e. The molecule has 0 bridgehead atoms. The van der Waals surface area contributed by atoms with Gasteiger partial charge in [0.25, 0.3) is 0 Å². The highest BCUT2D eigenvalue weighted by molar-refractivity contribution is 5.76. The van der Waals surface area contributed by atoms with Gasteiger partial charge in [0, 0.05) is 19.5 Å². The van der Waals surface area contributed by atoms with Crippen molar-refractivity contribution in [2.24, 2.45) is 11.7 Å². The number of hydrogen-bond donors (Lipinski definition) is 2. The monoisotopic (exact) mass is 232 g/mol.